The number of aliphatic hydroxyl groups is 1. The van der Waals surface area contributed by atoms with Crippen molar-refractivity contribution < 1.29 is 24.4 Å². The SMILES string of the molecule is CCCOc1ccc(/C(O)=C2\C(=O)C(=O)N(CCCN(C)C)[C@H]2c2ccc([N+](=O)[O-])cc2)cc1. The zero-order chi connectivity index (χ0) is 24.8. The molecule has 180 valence electrons. The van der Waals surface area contributed by atoms with Crippen molar-refractivity contribution in [1.82, 2.24) is 9.80 Å². The number of hydrogen-bond donors (Lipinski definition) is 1. The molecule has 9 nitrogen and oxygen atoms in total. The number of hydrogen-bond acceptors (Lipinski definition) is 7. The number of non-ortho nitro benzene ring substituents is 1. The van der Waals surface area contributed by atoms with E-state index in [9.17, 15) is 24.8 Å². The van der Waals surface area contributed by atoms with Gasteiger partial charge in [0, 0.05) is 24.2 Å². The summed E-state index contributed by atoms with van der Waals surface area (Å²) in [5.74, 6) is -1.14. The van der Waals surface area contributed by atoms with E-state index in [0.717, 1.165) is 6.42 Å². The van der Waals surface area contributed by atoms with Gasteiger partial charge in [0.25, 0.3) is 17.4 Å². The minimum Gasteiger partial charge on any atom is -0.507 e. The van der Waals surface area contributed by atoms with Crippen molar-refractivity contribution in [2.75, 3.05) is 33.8 Å². The lowest BCUT2D eigenvalue weighted by molar-refractivity contribution is -0.384. The zero-order valence-electron chi connectivity index (χ0n) is 19.6. The molecule has 0 spiro atoms. The van der Waals surface area contributed by atoms with Crippen molar-refractivity contribution in [3.63, 3.8) is 0 Å². The number of likely N-dealkylation sites (tertiary alicyclic amines) is 1. The summed E-state index contributed by atoms with van der Waals surface area (Å²) in [7, 11) is 3.83. The smallest absolute Gasteiger partial charge is 0.295 e. The third kappa shape index (κ3) is 5.43. The van der Waals surface area contributed by atoms with Gasteiger partial charge in [-0.1, -0.05) is 6.92 Å². The molecule has 0 aliphatic carbocycles. The highest BCUT2D eigenvalue weighted by Gasteiger charge is 2.45. The van der Waals surface area contributed by atoms with Crippen LogP contribution in [0.5, 0.6) is 5.75 Å². The molecule has 1 atom stereocenters. The maximum Gasteiger partial charge on any atom is 0.295 e. The van der Waals surface area contributed by atoms with Crippen LogP contribution < -0.4 is 4.74 Å². The average molecular weight is 468 g/mol. The number of ether oxygens (including phenoxy) is 1. The Morgan fingerprint density at radius 3 is 2.32 bits per heavy atom. The summed E-state index contributed by atoms with van der Waals surface area (Å²) in [6.07, 6.45) is 1.47. The van der Waals surface area contributed by atoms with Crippen molar-refractivity contribution in [1.29, 1.82) is 0 Å². The van der Waals surface area contributed by atoms with Crippen LogP contribution in [-0.4, -0.2) is 65.3 Å². The standard InChI is InChI=1S/C25H29N3O6/c1-4-16-34-20-12-8-18(9-13-20)23(29)21-22(17-6-10-19(11-7-17)28(32)33)27(25(31)24(21)30)15-5-14-26(2)3/h6-13,22,29H,4-5,14-16H2,1-3H3/b23-21+/t22-/m0/s1. The monoisotopic (exact) mass is 467 g/mol. The summed E-state index contributed by atoms with van der Waals surface area (Å²) in [6, 6.07) is 11.5. The molecule has 1 saturated heterocycles. The molecule has 3 rings (SSSR count). The van der Waals surface area contributed by atoms with Crippen LogP contribution in [0.15, 0.2) is 54.1 Å². The molecule has 1 amide bonds. The van der Waals surface area contributed by atoms with Gasteiger partial charge < -0.3 is 19.6 Å². The molecule has 2 aromatic rings. The molecule has 9 heteroatoms. The van der Waals surface area contributed by atoms with Gasteiger partial charge in [-0.05, 0) is 75.4 Å². The fourth-order valence-electron chi connectivity index (χ4n) is 3.88. The van der Waals surface area contributed by atoms with Crippen molar-refractivity contribution in [3.05, 3.63) is 75.3 Å². The van der Waals surface area contributed by atoms with Gasteiger partial charge in [0.2, 0.25) is 0 Å². The van der Waals surface area contributed by atoms with Crippen LogP contribution in [0.25, 0.3) is 5.76 Å². The van der Waals surface area contributed by atoms with E-state index in [2.05, 4.69) is 0 Å². The third-order valence-electron chi connectivity index (χ3n) is 5.56. The Balaban J connectivity index is 2.03. The van der Waals surface area contributed by atoms with Crippen LogP contribution in [0.3, 0.4) is 0 Å². The fraction of sp³-hybridized carbons (Fsp3) is 0.360. The van der Waals surface area contributed by atoms with Gasteiger partial charge in [0.1, 0.15) is 11.5 Å². The van der Waals surface area contributed by atoms with Gasteiger partial charge in [-0.25, -0.2) is 0 Å². The maximum absolute atomic E-state index is 13.0. The Labute approximate surface area is 198 Å². The van der Waals surface area contributed by atoms with Crippen LogP contribution in [-0.2, 0) is 9.59 Å². The Bertz CT molecular complexity index is 1080. The third-order valence-corrected chi connectivity index (χ3v) is 5.56. The molecule has 1 N–H and O–H groups in total. The number of Topliss-reactive ketones (excluding diaryl/α,β-unsaturated/α-hetero) is 1. The molecule has 1 aliphatic heterocycles. The van der Waals surface area contributed by atoms with Crippen molar-refractivity contribution in [3.8, 4) is 5.75 Å². The summed E-state index contributed by atoms with van der Waals surface area (Å²) in [5, 5.41) is 22.2. The van der Waals surface area contributed by atoms with E-state index < -0.39 is 22.7 Å². The highest BCUT2D eigenvalue weighted by molar-refractivity contribution is 6.46. The largest absolute Gasteiger partial charge is 0.507 e. The number of amides is 1. The second-order valence-corrected chi connectivity index (χ2v) is 8.37. The predicted octanol–water partition coefficient (Wildman–Crippen LogP) is 3.76. The number of benzene rings is 2. The van der Waals surface area contributed by atoms with Crippen LogP contribution in [0.2, 0.25) is 0 Å². The molecule has 0 unspecified atom stereocenters. The molecule has 2 aromatic carbocycles. The maximum atomic E-state index is 13.0. The Morgan fingerprint density at radius 2 is 1.76 bits per heavy atom. The first-order valence-corrected chi connectivity index (χ1v) is 11.1. The van der Waals surface area contributed by atoms with Crippen LogP contribution in [0.1, 0.15) is 36.9 Å². The minimum absolute atomic E-state index is 0.0362. The van der Waals surface area contributed by atoms with Crippen LogP contribution >= 0.6 is 0 Å². The molecule has 0 radical (unpaired) electrons. The van der Waals surface area contributed by atoms with Crippen LogP contribution in [0.4, 0.5) is 5.69 Å². The van der Waals surface area contributed by atoms with Crippen LogP contribution in [0, 0.1) is 10.1 Å². The Morgan fingerprint density at radius 1 is 1.12 bits per heavy atom. The summed E-state index contributed by atoms with van der Waals surface area (Å²) in [6.45, 7) is 3.56. The number of nitro benzene ring substituents is 1. The van der Waals surface area contributed by atoms with E-state index in [1.54, 1.807) is 24.3 Å². The lowest BCUT2D eigenvalue weighted by Crippen LogP contribution is -2.32. The van der Waals surface area contributed by atoms with Gasteiger partial charge >= 0.3 is 0 Å². The Hall–Kier alpha value is -3.72. The topological polar surface area (TPSA) is 113 Å². The van der Waals surface area contributed by atoms with Gasteiger partial charge in [0.15, 0.2) is 0 Å². The quantitative estimate of drug-likeness (QED) is 0.186. The molecule has 1 aliphatic rings. The number of carbonyl (C=O) groups excluding carboxylic acids is 2. The Kier molecular flexibility index (Phi) is 8.01. The van der Waals surface area contributed by atoms with E-state index in [4.69, 9.17) is 4.74 Å². The first kappa shape index (κ1) is 24.9. The predicted molar refractivity (Wildman–Crippen MR) is 128 cm³/mol. The molecule has 34 heavy (non-hydrogen) atoms. The van der Waals surface area contributed by atoms with E-state index >= 15 is 0 Å². The highest BCUT2D eigenvalue weighted by atomic mass is 16.6. The number of rotatable bonds is 10. The summed E-state index contributed by atoms with van der Waals surface area (Å²) in [4.78, 5) is 40.0. The minimum atomic E-state index is -0.848. The van der Waals surface area contributed by atoms with Crippen molar-refractivity contribution in [2.24, 2.45) is 0 Å². The van der Waals surface area contributed by atoms with Crippen molar-refractivity contribution in [2.45, 2.75) is 25.8 Å². The van der Waals surface area contributed by atoms with Gasteiger partial charge in [-0.15, -0.1) is 0 Å². The number of aliphatic hydroxyl groups excluding tert-OH is 1. The highest BCUT2D eigenvalue weighted by Crippen LogP contribution is 2.40. The summed E-state index contributed by atoms with van der Waals surface area (Å²) >= 11 is 0. The van der Waals surface area contributed by atoms with E-state index in [0.29, 0.717) is 43.0 Å². The van der Waals surface area contributed by atoms with Gasteiger partial charge in [-0.2, -0.15) is 0 Å². The zero-order valence-corrected chi connectivity index (χ0v) is 19.6. The van der Waals surface area contributed by atoms with E-state index in [-0.39, 0.29) is 17.0 Å². The lowest BCUT2D eigenvalue weighted by Gasteiger charge is -2.26. The first-order chi connectivity index (χ1) is 16.2. The molecule has 0 saturated carbocycles. The lowest BCUT2D eigenvalue weighted by atomic mass is 9.95. The molecule has 1 heterocycles. The first-order valence-electron chi connectivity index (χ1n) is 11.1. The molecular weight excluding hydrogens is 438 g/mol. The molecular formula is C25H29N3O6. The van der Waals surface area contributed by atoms with Gasteiger partial charge in [0.05, 0.1) is 23.1 Å². The number of ketones is 1. The summed E-state index contributed by atoms with van der Waals surface area (Å²) < 4.78 is 5.57. The van der Waals surface area contributed by atoms with E-state index in [1.807, 2.05) is 25.9 Å². The number of nitro groups is 1. The molecule has 1 fully saturated rings. The van der Waals surface area contributed by atoms with Crippen molar-refractivity contribution >= 4 is 23.1 Å². The summed E-state index contributed by atoms with van der Waals surface area (Å²) in [5.41, 5.74) is 0.753. The fourth-order valence-corrected chi connectivity index (χ4v) is 3.88. The molecule has 0 aromatic heterocycles. The number of carbonyl (C=O) groups is 2. The van der Waals surface area contributed by atoms with E-state index in [1.165, 1.54) is 29.2 Å². The van der Waals surface area contributed by atoms with Gasteiger partial charge in [-0.3, -0.25) is 19.7 Å². The normalized spacial score (nSPS) is 17.4. The second-order valence-electron chi connectivity index (χ2n) is 8.37. The number of nitrogens with zero attached hydrogens (tertiary/aromatic N) is 3. The molecule has 0 bridgehead atoms. The average Bonchev–Trinajstić information content (AvgIpc) is 3.07. The second kappa shape index (κ2) is 10.9.